The zero-order chi connectivity index (χ0) is 13.9. The zero-order valence-electron chi connectivity index (χ0n) is 12.1. The van der Waals surface area contributed by atoms with E-state index in [9.17, 15) is 0 Å². The standard InChI is InChI=1S/C16H21N3S/c1-3-8-17-12(2)15-9-18-16(20-15)19-10-13-6-4-5-7-14(13)11-19/h4-7,9,12,17H,3,8,10-11H2,1-2H3. The SMILES string of the molecule is CCCNC(C)c1cnc(N2Cc3ccccc3C2)s1. The molecule has 1 unspecified atom stereocenters. The summed E-state index contributed by atoms with van der Waals surface area (Å²) >= 11 is 1.81. The molecule has 0 amide bonds. The first kappa shape index (κ1) is 13.6. The molecular formula is C16H21N3S. The average molecular weight is 287 g/mol. The second-order valence-electron chi connectivity index (χ2n) is 5.35. The number of rotatable bonds is 5. The molecule has 0 bridgehead atoms. The monoisotopic (exact) mass is 287 g/mol. The molecule has 1 aliphatic rings. The fourth-order valence-corrected chi connectivity index (χ4v) is 3.49. The Morgan fingerprint density at radius 1 is 1.30 bits per heavy atom. The van der Waals surface area contributed by atoms with Crippen molar-refractivity contribution in [3.63, 3.8) is 0 Å². The van der Waals surface area contributed by atoms with Gasteiger partial charge in [-0.2, -0.15) is 0 Å². The van der Waals surface area contributed by atoms with Crippen molar-refractivity contribution in [1.82, 2.24) is 10.3 Å². The maximum atomic E-state index is 4.61. The fraction of sp³-hybridized carbons (Fsp3) is 0.438. The second kappa shape index (κ2) is 5.94. The van der Waals surface area contributed by atoms with Crippen LogP contribution in [0.25, 0.3) is 0 Å². The third-order valence-electron chi connectivity index (χ3n) is 3.75. The van der Waals surface area contributed by atoms with Crippen LogP contribution < -0.4 is 10.2 Å². The van der Waals surface area contributed by atoms with Crippen molar-refractivity contribution in [2.24, 2.45) is 0 Å². The van der Waals surface area contributed by atoms with Crippen LogP contribution in [-0.4, -0.2) is 11.5 Å². The Hall–Kier alpha value is -1.39. The van der Waals surface area contributed by atoms with Crippen molar-refractivity contribution in [3.05, 3.63) is 46.5 Å². The van der Waals surface area contributed by atoms with Gasteiger partial charge in [0.15, 0.2) is 5.13 Å². The van der Waals surface area contributed by atoms with Gasteiger partial charge >= 0.3 is 0 Å². The molecule has 4 heteroatoms. The summed E-state index contributed by atoms with van der Waals surface area (Å²) in [6.07, 6.45) is 3.19. The minimum Gasteiger partial charge on any atom is -0.339 e. The van der Waals surface area contributed by atoms with Crippen molar-refractivity contribution >= 4 is 16.5 Å². The maximum Gasteiger partial charge on any atom is 0.186 e. The second-order valence-corrected chi connectivity index (χ2v) is 6.39. The molecule has 0 radical (unpaired) electrons. The molecule has 0 aliphatic carbocycles. The lowest BCUT2D eigenvalue weighted by Gasteiger charge is -2.13. The van der Waals surface area contributed by atoms with Crippen LogP contribution >= 0.6 is 11.3 Å². The molecule has 0 spiro atoms. The van der Waals surface area contributed by atoms with Gasteiger partial charge in [-0.25, -0.2) is 4.98 Å². The van der Waals surface area contributed by atoms with E-state index in [2.05, 4.69) is 53.3 Å². The largest absolute Gasteiger partial charge is 0.339 e. The number of anilines is 1. The van der Waals surface area contributed by atoms with E-state index in [1.54, 1.807) is 0 Å². The van der Waals surface area contributed by atoms with E-state index in [1.807, 2.05) is 17.5 Å². The predicted octanol–water partition coefficient (Wildman–Crippen LogP) is 3.72. The topological polar surface area (TPSA) is 28.2 Å². The molecule has 2 heterocycles. The van der Waals surface area contributed by atoms with E-state index in [1.165, 1.54) is 16.0 Å². The number of hydrogen-bond acceptors (Lipinski definition) is 4. The number of nitrogens with one attached hydrogen (secondary N) is 1. The molecule has 1 aromatic carbocycles. The van der Waals surface area contributed by atoms with Crippen LogP contribution in [0.1, 0.15) is 42.3 Å². The average Bonchev–Trinajstić information content (AvgIpc) is 3.10. The van der Waals surface area contributed by atoms with Gasteiger partial charge in [0, 0.05) is 30.2 Å². The molecule has 0 saturated carbocycles. The fourth-order valence-electron chi connectivity index (χ4n) is 2.55. The third kappa shape index (κ3) is 2.72. The molecule has 2 aromatic rings. The number of hydrogen-bond donors (Lipinski definition) is 1. The first-order chi connectivity index (χ1) is 9.78. The number of fused-ring (bicyclic) bond motifs is 1. The highest BCUT2D eigenvalue weighted by Gasteiger charge is 2.21. The van der Waals surface area contributed by atoms with Gasteiger partial charge in [0.25, 0.3) is 0 Å². The van der Waals surface area contributed by atoms with Crippen molar-refractivity contribution < 1.29 is 0 Å². The van der Waals surface area contributed by atoms with E-state index < -0.39 is 0 Å². The van der Waals surface area contributed by atoms with E-state index in [0.717, 1.165) is 31.2 Å². The summed E-state index contributed by atoms with van der Waals surface area (Å²) in [7, 11) is 0. The third-order valence-corrected chi connectivity index (χ3v) is 4.99. The molecule has 1 atom stereocenters. The predicted molar refractivity (Wildman–Crippen MR) is 85.2 cm³/mol. The van der Waals surface area contributed by atoms with Gasteiger partial charge in [-0.05, 0) is 31.0 Å². The normalized spacial score (nSPS) is 15.4. The van der Waals surface area contributed by atoms with Crippen molar-refractivity contribution in [1.29, 1.82) is 0 Å². The highest BCUT2D eigenvalue weighted by molar-refractivity contribution is 7.15. The molecule has 1 N–H and O–H groups in total. The van der Waals surface area contributed by atoms with Crippen LogP contribution in [0.4, 0.5) is 5.13 Å². The van der Waals surface area contributed by atoms with Gasteiger partial charge in [-0.1, -0.05) is 31.2 Å². The minimum absolute atomic E-state index is 0.395. The van der Waals surface area contributed by atoms with E-state index in [-0.39, 0.29) is 0 Å². The maximum absolute atomic E-state index is 4.61. The van der Waals surface area contributed by atoms with Crippen molar-refractivity contribution in [2.45, 2.75) is 39.4 Å². The summed E-state index contributed by atoms with van der Waals surface area (Å²) in [6, 6.07) is 9.06. The van der Waals surface area contributed by atoms with Gasteiger partial charge < -0.3 is 10.2 Å². The van der Waals surface area contributed by atoms with E-state index in [4.69, 9.17) is 0 Å². The van der Waals surface area contributed by atoms with Gasteiger partial charge in [-0.3, -0.25) is 0 Å². The van der Waals surface area contributed by atoms with Crippen molar-refractivity contribution in [3.8, 4) is 0 Å². The van der Waals surface area contributed by atoms with Gasteiger partial charge in [0.05, 0.1) is 0 Å². The smallest absolute Gasteiger partial charge is 0.186 e. The Balaban J connectivity index is 1.69. The van der Waals surface area contributed by atoms with Crippen LogP contribution in [0.15, 0.2) is 30.5 Å². The number of benzene rings is 1. The molecule has 3 nitrogen and oxygen atoms in total. The molecule has 1 aromatic heterocycles. The lowest BCUT2D eigenvalue weighted by Crippen LogP contribution is -2.18. The minimum atomic E-state index is 0.395. The highest BCUT2D eigenvalue weighted by atomic mass is 32.1. The molecule has 3 rings (SSSR count). The summed E-state index contributed by atoms with van der Waals surface area (Å²) in [4.78, 5) is 8.30. The number of aromatic nitrogens is 1. The molecule has 20 heavy (non-hydrogen) atoms. The molecule has 1 aliphatic heterocycles. The molecule has 106 valence electrons. The Labute approximate surface area is 124 Å². The van der Waals surface area contributed by atoms with Crippen LogP contribution in [-0.2, 0) is 13.1 Å². The highest BCUT2D eigenvalue weighted by Crippen LogP contribution is 2.33. The van der Waals surface area contributed by atoms with Gasteiger partial charge in [0.1, 0.15) is 0 Å². The van der Waals surface area contributed by atoms with Crippen LogP contribution in [0, 0.1) is 0 Å². The lowest BCUT2D eigenvalue weighted by atomic mass is 10.1. The van der Waals surface area contributed by atoms with E-state index in [0.29, 0.717) is 6.04 Å². The summed E-state index contributed by atoms with van der Waals surface area (Å²) in [5.74, 6) is 0. The lowest BCUT2D eigenvalue weighted by molar-refractivity contribution is 0.577. The molecule has 0 saturated heterocycles. The summed E-state index contributed by atoms with van der Waals surface area (Å²) < 4.78 is 0. The summed E-state index contributed by atoms with van der Waals surface area (Å²) in [5, 5.41) is 4.66. The Kier molecular flexibility index (Phi) is 4.03. The first-order valence-electron chi connectivity index (χ1n) is 7.28. The Morgan fingerprint density at radius 2 is 2.00 bits per heavy atom. The summed E-state index contributed by atoms with van der Waals surface area (Å²) in [5.41, 5.74) is 2.86. The summed E-state index contributed by atoms with van der Waals surface area (Å²) in [6.45, 7) is 7.44. The van der Waals surface area contributed by atoms with Gasteiger partial charge in [-0.15, -0.1) is 11.3 Å². The van der Waals surface area contributed by atoms with Crippen LogP contribution in [0.2, 0.25) is 0 Å². The van der Waals surface area contributed by atoms with Gasteiger partial charge in [0.2, 0.25) is 0 Å². The van der Waals surface area contributed by atoms with Crippen LogP contribution in [0.3, 0.4) is 0 Å². The quantitative estimate of drug-likeness (QED) is 0.908. The number of nitrogens with zero attached hydrogens (tertiary/aromatic N) is 2. The Bertz CT molecular complexity index is 554. The number of thiazole rings is 1. The Morgan fingerprint density at radius 3 is 2.65 bits per heavy atom. The first-order valence-corrected chi connectivity index (χ1v) is 8.10. The van der Waals surface area contributed by atoms with Crippen LogP contribution in [0.5, 0.6) is 0 Å². The zero-order valence-corrected chi connectivity index (χ0v) is 12.9. The van der Waals surface area contributed by atoms with Crippen molar-refractivity contribution in [2.75, 3.05) is 11.4 Å². The van der Waals surface area contributed by atoms with E-state index >= 15 is 0 Å². The molecular weight excluding hydrogens is 266 g/mol. The molecule has 0 fully saturated rings.